The Morgan fingerprint density at radius 1 is 1.21 bits per heavy atom. The Labute approximate surface area is 116 Å². The van der Waals surface area contributed by atoms with Crippen LogP contribution in [-0.4, -0.2) is 24.5 Å². The molecule has 0 aromatic heterocycles. The first kappa shape index (κ1) is 15.5. The second-order valence-electron chi connectivity index (χ2n) is 5.47. The molecular weight excluding hydrogens is 238 g/mol. The average Bonchev–Trinajstić information content (AvgIpc) is 2.38. The fourth-order valence-corrected chi connectivity index (χ4v) is 1.81. The molecule has 1 atom stereocenters. The van der Waals surface area contributed by atoms with Crippen molar-refractivity contribution >= 4 is 5.91 Å². The number of ether oxygens (including phenoxy) is 1. The van der Waals surface area contributed by atoms with E-state index in [1.165, 1.54) is 0 Å². The lowest BCUT2D eigenvalue weighted by atomic mass is 9.97. The van der Waals surface area contributed by atoms with Gasteiger partial charge in [-0.05, 0) is 29.5 Å². The van der Waals surface area contributed by atoms with Gasteiger partial charge in [-0.15, -0.1) is 0 Å². The summed E-state index contributed by atoms with van der Waals surface area (Å²) in [6.45, 7) is 9.67. The lowest BCUT2D eigenvalue weighted by Gasteiger charge is -2.26. The van der Waals surface area contributed by atoms with Gasteiger partial charge in [-0.25, -0.2) is 0 Å². The first-order chi connectivity index (χ1) is 8.93. The number of benzene rings is 1. The van der Waals surface area contributed by atoms with Crippen molar-refractivity contribution in [2.45, 2.75) is 34.2 Å². The summed E-state index contributed by atoms with van der Waals surface area (Å²) in [4.78, 5) is 13.6. The molecular formula is C16H25NO2. The van der Waals surface area contributed by atoms with E-state index in [0.29, 0.717) is 18.4 Å². The molecule has 1 amide bonds. The van der Waals surface area contributed by atoms with Crippen LogP contribution >= 0.6 is 0 Å². The summed E-state index contributed by atoms with van der Waals surface area (Å²) < 4.78 is 5.14. The van der Waals surface area contributed by atoms with E-state index in [1.54, 1.807) is 14.0 Å². The summed E-state index contributed by atoms with van der Waals surface area (Å²) in [5.41, 5.74) is 1.13. The van der Waals surface area contributed by atoms with Crippen molar-refractivity contribution in [1.29, 1.82) is 0 Å². The molecule has 1 aromatic rings. The minimum Gasteiger partial charge on any atom is -0.497 e. The van der Waals surface area contributed by atoms with Gasteiger partial charge in [-0.1, -0.05) is 32.9 Å². The van der Waals surface area contributed by atoms with Crippen molar-refractivity contribution in [2.24, 2.45) is 11.8 Å². The fourth-order valence-electron chi connectivity index (χ4n) is 1.81. The Kier molecular flexibility index (Phi) is 5.87. The van der Waals surface area contributed by atoms with Crippen LogP contribution in [0.3, 0.4) is 0 Å². The molecule has 1 rings (SSSR count). The topological polar surface area (TPSA) is 29.5 Å². The van der Waals surface area contributed by atoms with E-state index in [-0.39, 0.29) is 5.91 Å². The maximum atomic E-state index is 11.7. The van der Waals surface area contributed by atoms with Crippen molar-refractivity contribution in [3.8, 4) is 5.75 Å². The molecule has 0 radical (unpaired) electrons. The predicted octanol–water partition coefficient (Wildman–Crippen LogP) is 3.34. The van der Waals surface area contributed by atoms with Crippen molar-refractivity contribution in [2.75, 3.05) is 13.7 Å². The lowest BCUT2D eigenvalue weighted by Crippen LogP contribution is -2.33. The summed E-state index contributed by atoms with van der Waals surface area (Å²) in [6, 6.07) is 7.88. The van der Waals surface area contributed by atoms with Gasteiger partial charge in [0.2, 0.25) is 5.91 Å². The number of rotatable bonds is 6. The Bertz CT molecular complexity index is 398. The van der Waals surface area contributed by atoms with Gasteiger partial charge in [0.05, 0.1) is 7.11 Å². The van der Waals surface area contributed by atoms with Gasteiger partial charge in [-0.3, -0.25) is 4.79 Å². The molecule has 3 nitrogen and oxygen atoms in total. The molecule has 0 aliphatic carbocycles. The summed E-state index contributed by atoms with van der Waals surface area (Å²) in [7, 11) is 1.65. The fraction of sp³-hybridized carbons (Fsp3) is 0.562. The second-order valence-corrected chi connectivity index (χ2v) is 5.47. The Morgan fingerprint density at radius 3 is 2.21 bits per heavy atom. The van der Waals surface area contributed by atoms with Crippen LogP contribution in [0.5, 0.6) is 5.75 Å². The Balaban J connectivity index is 2.69. The molecule has 0 fully saturated rings. The molecule has 0 spiro atoms. The quantitative estimate of drug-likeness (QED) is 0.788. The van der Waals surface area contributed by atoms with E-state index in [1.807, 2.05) is 29.2 Å². The van der Waals surface area contributed by atoms with Gasteiger partial charge in [0.1, 0.15) is 5.75 Å². The standard InChI is InChI=1S/C16H25NO2/c1-12(2)13(3)10-17(14(4)18)11-15-6-8-16(19-5)9-7-15/h6-9,12-13H,10-11H2,1-5H3. The number of hydrogen-bond donors (Lipinski definition) is 0. The largest absolute Gasteiger partial charge is 0.497 e. The van der Waals surface area contributed by atoms with Crippen LogP contribution in [0.25, 0.3) is 0 Å². The molecule has 0 bridgehead atoms. The van der Waals surface area contributed by atoms with Gasteiger partial charge in [0, 0.05) is 20.0 Å². The molecule has 0 heterocycles. The molecule has 0 saturated carbocycles. The zero-order valence-electron chi connectivity index (χ0n) is 12.6. The first-order valence-electron chi connectivity index (χ1n) is 6.82. The molecule has 19 heavy (non-hydrogen) atoms. The van der Waals surface area contributed by atoms with E-state index >= 15 is 0 Å². The van der Waals surface area contributed by atoms with Crippen LogP contribution in [0.15, 0.2) is 24.3 Å². The number of methoxy groups -OCH3 is 1. The van der Waals surface area contributed by atoms with Gasteiger partial charge in [0.25, 0.3) is 0 Å². The molecule has 1 unspecified atom stereocenters. The summed E-state index contributed by atoms with van der Waals surface area (Å²) in [6.07, 6.45) is 0. The smallest absolute Gasteiger partial charge is 0.219 e. The lowest BCUT2D eigenvalue weighted by molar-refractivity contribution is -0.130. The van der Waals surface area contributed by atoms with Crippen LogP contribution < -0.4 is 4.74 Å². The minimum absolute atomic E-state index is 0.128. The molecule has 1 aromatic carbocycles. The monoisotopic (exact) mass is 263 g/mol. The summed E-state index contributed by atoms with van der Waals surface area (Å²) in [5.74, 6) is 2.05. The zero-order chi connectivity index (χ0) is 14.4. The maximum absolute atomic E-state index is 11.7. The molecule has 0 aliphatic rings. The normalized spacial score (nSPS) is 12.3. The molecule has 0 aliphatic heterocycles. The van der Waals surface area contributed by atoms with E-state index in [4.69, 9.17) is 4.74 Å². The van der Waals surface area contributed by atoms with Crippen LogP contribution in [0.2, 0.25) is 0 Å². The van der Waals surface area contributed by atoms with E-state index in [2.05, 4.69) is 20.8 Å². The third-order valence-electron chi connectivity index (χ3n) is 3.62. The number of carbonyl (C=O) groups is 1. The molecule has 3 heteroatoms. The third-order valence-corrected chi connectivity index (χ3v) is 3.62. The summed E-state index contributed by atoms with van der Waals surface area (Å²) in [5, 5.41) is 0. The van der Waals surface area contributed by atoms with Crippen LogP contribution in [0.1, 0.15) is 33.3 Å². The highest BCUT2D eigenvalue weighted by Crippen LogP contribution is 2.16. The van der Waals surface area contributed by atoms with Crippen molar-refractivity contribution in [1.82, 2.24) is 4.90 Å². The Morgan fingerprint density at radius 2 is 1.79 bits per heavy atom. The molecule has 106 valence electrons. The highest BCUT2D eigenvalue weighted by molar-refractivity contribution is 5.73. The molecule has 0 saturated heterocycles. The maximum Gasteiger partial charge on any atom is 0.219 e. The predicted molar refractivity (Wildman–Crippen MR) is 78.1 cm³/mol. The SMILES string of the molecule is COc1ccc(CN(CC(C)C(C)C)C(C)=O)cc1. The van der Waals surface area contributed by atoms with Crippen molar-refractivity contribution in [3.05, 3.63) is 29.8 Å². The van der Waals surface area contributed by atoms with E-state index in [9.17, 15) is 4.79 Å². The minimum atomic E-state index is 0.128. The summed E-state index contributed by atoms with van der Waals surface area (Å²) >= 11 is 0. The van der Waals surface area contributed by atoms with E-state index < -0.39 is 0 Å². The Hall–Kier alpha value is -1.51. The van der Waals surface area contributed by atoms with E-state index in [0.717, 1.165) is 17.9 Å². The second kappa shape index (κ2) is 7.17. The van der Waals surface area contributed by atoms with Crippen molar-refractivity contribution in [3.63, 3.8) is 0 Å². The number of nitrogens with zero attached hydrogens (tertiary/aromatic N) is 1. The van der Waals surface area contributed by atoms with Crippen LogP contribution in [0.4, 0.5) is 0 Å². The first-order valence-corrected chi connectivity index (χ1v) is 6.82. The highest BCUT2D eigenvalue weighted by atomic mass is 16.5. The number of carbonyl (C=O) groups excluding carboxylic acids is 1. The number of hydrogen-bond acceptors (Lipinski definition) is 2. The van der Waals surface area contributed by atoms with Gasteiger partial charge in [-0.2, -0.15) is 0 Å². The van der Waals surface area contributed by atoms with Crippen LogP contribution in [0, 0.1) is 11.8 Å². The van der Waals surface area contributed by atoms with Gasteiger partial charge < -0.3 is 9.64 Å². The average molecular weight is 263 g/mol. The molecule has 0 N–H and O–H groups in total. The highest BCUT2D eigenvalue weighted by Gasteiger charge is 2.15. The van der Waals surface area contributed by atoms with Crippen LogP contribution in [-0.2, 0) is 11.3 Å². The number of amides is 1. The zero-order valence-corrected chi connectivity index (χ0v) is 12.6. The van der Waals surface area contributed by atoms with Gasteiger partial charge >= 0.3 is 0 Å². The third kappa shape index (κ3) is 4.93. The van der Waals surface area contributed by atoms with Crippen molar-refractivity contribution < 1.29 is 9.53 Å². The van der Waals surface area contributed by atoms with Gasteiger partial charge in [0.15, 0.2) is 0 Å².